The molecule has 0 aliphatic heterocycles. The van der Waals surface area contributed by atoms with Crippen molar-refractivity contribution in [3.8, 4) is 0 Å². The van der Waals surface area contributed by atoms with Crippen molar-refractivity contribution in [2.45, 2.75) is 26.8 Å². The zero-order valence-corrected chi connectivity index (χ0v) is 9.04. The number of hydrogen-bond acceptors (Lipinski definition) is 3. The molecule has 1 aromatic rings. The Bertz CT molecular complexity index is 323. The molecule has 1 aromatic heterocycles. The molecule has 0 aromatic carbocycles. The lowest BCUT2D eigenvalue weighted by Crippen LogP contribution is -2.14. The quantitative estimate of drug-likeness (QED) is 0.719. The van der Waals surface area contributed by atoms with Gasteiger partial charge in [-0.05, 0) is 19.4 Å². The second-order valence-corrected chi connectivity index (χ2v) is 3.16. The van der Waals surface area contributed by atoms with Crippen LogP contribution in [0.25, 0.3) is 0 Å². The summed E-state index contributed by atoms with van der Waals surface area (Å²) in [7, 11) is 0. The predicted octanol–water partition coefficient (Wildman–Crippen LogP) is 1.66. The first-order valence-electron chi connectivity index (χ1n) is 4.55. The van der Waals surface area contributed by atoms with E-state index in [0.29, 0.717) is 11.8 Å². The van der Waals surface area contributed by atoms with E-state index in [2.05, 4.69) is 5.10 Å². The van der Waals surface area contributed by atoms with E-state index in [4.69, 9.17) is 16.3 Å². The fourth-order valence-corrected chi connectivity index (χ4v) is 1.28. The number of aromatic nitrogens is 2. The van der Waals surface area contributed by atoms with E-state index >= 15 is 0 Å². The molecule has 0 saturated heterocycles. The van der Waals surface area contributed by atoms with Crippen molar-refractivity contribution in [1.29, 1.82) is 0 Å². The Kier molecular flexibility index (Phi) is 3.95. The van der Waals surface area contributed by atoms with Crippen molar-refractivity contribution in [2.75, 3.05) is 6.61 Å². The lowest BCUT2D eigenvalue weighted by molar-refractivity contribution is -0.144. The number of hydrogen-bond donors (Lipinski definition) is 0. The van der Waals surface area contributed by atoms with Crippen LogP contribution in [-0.2, 0) is 22.5 Å². The highest BCUT2D eigenvalue weighted by Gasteiger charge is 2.09. The summed E-state index contributed by atoms with van der Waals surface area (Å²) in [5, 5.41) is 4.60. The molecule has 0 aliphatic rings. The summed E-state index contributed by atoms with van der Waals surface area (Å²) in [6, 6.07) is 1.75. The standard InChI is InChI=1S/C9H13ClN2O2/c1-3-7-5-8(10)12(11-7)6-9(13)14-4-2/h5H,3-4,6H2,1-2H3. The number of carbonyl (C=O) groups excluding carboxylic acids is 1. The maximum absolute atomic E-state index is 11.1. The van der Waals surface area contributed by atoms with Crippen LogP contribution in [0.1, 0.15) is 19.5 Å². The van der Waals surface area contributed by atoms with Crippen LogP contribution < -0.4 is 0 Å². The molecular formula is C9H13ClN2O2. The van der Waals surface area contributed by atoms with E-state index in [-0.39, 0.29) is 12.5 Å². The van der Waals surface area contributed by atoms with E-state index in [9.17, 15) is 4.79 Å². The van der Waals surface area contributed by atoms with Gasteiger partial charge in [0.2, 0.25) is 0 Å². The normalized spacial score (nSPS) is 10.2. The molecule has 0 saturated carbocycles. The number of esters is 1. The molecule has 0 aliphatic carbocycles. The molecular weight excluding hydrogens is 204 g/mol. The van der Waals surface area contributed by atoms with Crippen molar-refractivity contribution in [3.63, 3.8) is 0 Å². The summed E-state index contributed by atoms with van der Waals surface area (Å²) in [6.45, 7) is 4.19. The van der Waals surface area contributed by atoms with Crippen LogP contribution in [0, 0.1) is 0 Å². The number of nitrogens with zero attached hydrogens (tertiary/aromatic N) is 2. The van der Waals surface area contributed by atoms with Crippen LogP contribution in [0.3, 0.4) is 0 Å². The summed E-state index contributed by atoms with van der Waals surface area (Å²) >= 11 is 5.86. The molecule has 5 heteroatoms. The van der Waals surface area contributed by atoms with Gasteiger partial charge in [0, 0.05) is 0 Å². The highest BCUT2D eigenvalue weighted by molar-refractivity contribution is 6.29. The fourth-order valence-electron chi connectivity index (χ4n) is 1.06. The number of carbonyl (C=O) groups is 1. The number of rotatable bonds is 4. The van der Waals surface area contributed by atoms with Crippen molar-refractivity contribution >= 4 is 17.6 Å². The molecule has 0 radical (unpaired) electrons. The summed E-state index contributed by atoms with van der Waals surface area (Å²) in [5.41, 5.74) is 0.874. The van der Waals surface area contributed by atoms with Crippen LogP contribution in [0.2, 0.25) is 5.15 Å². The molecule has 0 unspecified atom stereocenters. The molecule has 1 rings (SSSR count). The van der Waals surface area contributed by atoms with Gasteiger partial charge in [0.05, 0.1) is 12.3 Å². The average Bonchev–Trinajstić information content (AvgIpc) is 2.48. The zero-order chi connectivity index (χ0) is 10.6. The molecule has 78 valence electrons. The molecule has 0 bridgehead atoms. The van der Waals surface area contributed by atoms with Gasteiger partial charge < -0.3 is 4.74 Å². The van der Waals surface area contributed by atoms with Crippen molar-refractivity contribution < 1.29 is 9.53 Å². The Labute approximate surface area is 87.8 Å². The smallest absolute Gasteiger partial charge is 0.327 e. The first kappa shape index (κ1) is 11.0. The largest absolute Gasteiger partial charge is 0.465 e. The van der Waals surface area contributed by atoms with Gasteiger partial charge in [0.25, 0.3) is 0 Å². The minimum Gasteiger partial charge on any atom is -0.465 e. The highest BCUT2D eigenvalue weighted by Crippen LogP contribution is 2.11. The van der Waals surface area contributed by atoms with Crippen LogP contribution in [0.4, 0.5) is 0 Å². The van der Waals surface area contributed by atoms with E-state index in [0.717, 1.165) is 12.1 Å². The predicted molar refractivity (Wildman–Crippen MR) is 53.2 cm³/mol. The minimum atomic E-state index is -0.319. The van der Waals surface area contributed by atoms with Gasteiger partial charge in [-0.3, -0.25) is 4.79 Å². The molecule has 1 heterocycles. The Hall–Kier alpha value is -1.03. The fraction of sp³-hybridized carbons (Fsp3) is 0.556. The second-order valence-electron chi connectivity index (χ2n) is 2.77. The summed E-state index contributed by atoms with van der Waals surface area (Å²) in [5.74, 6) is -0.319. The van der Waals surface area contributed by atoms with Gasteiger partial charge >= 0.3 is 5.97 Å². The molecule has 0 fully saturated rings. The monoisotopic (exact) mass is 216 g/mol. The molecule has 0 N–H and O–H groups in total. The third-order valence-corrected chi connectivity index (χ3v) is 2.03. The van der Waals surface area contributed by atoms with Crippen LogP contribution >= 0.6 is 11.6 Å². The van der Waals surface area contributed by atoms with E-state index in [1.165, 1.54) is 4.68 Å². The Balaban J connectivity index is 2.66. The van der Waals surface area contributed by atoms with Crippen LogP contribution in [-0.4, -0.2) is 22.4 Å². The maximum Gasteiger partial charge on any atom is 0.327 e. The van der Waals surface area contributed by atoms with Gasteiger partial charge in [-0.2, -0.15) is 5.10 Å². The first-order valence-corrected chi connectivity index (χ1v) is 4.93. The summed E-state index contributed by atoms with van der Waals surface area (Å²) < 4.78 is 6.23. The van der Waals surface area contributed by atoms with Gasteiger partial charge in [0.1, 0.15) is 11.7 Å². The Morgan fingerprint density at radius 2 is 2.36 bits per heavy atom. The van der Waals surface area contributed by atoms with Crippen molar-refractivity contribution in [2.24, 2.45) is 0 Å². The Morgan fingerprint density at radius 1 is 1.64 bits per heavy atom. The van der Waals surface area contributed by atoms with Crippen LogP contribution in [0.5, 0.6) is 0 Å². The third kappa shape index (κ3) is 2.73. The third-order valence-electron chi connectivity index (χ3n) is 1.73. The molecule has 4 nitrogen and oxygen atoms in total. The van der Waals surface area contributed by atoms with Gasteiger partial charge in [-0.15, -0.1) is 0 Å². The van der Waals surface area contributed by atoms with Gasteiger partial charge in [0.15, 0.2) is 0 Å². The Morgan fingerprint density at radius 3 is 2.86 bits per heavy atom. The van der Waals surface area contributed by atoms with E-state index < -0.39 is 0 Å². The number of halogens is 1. The maximum atomic E-state index is 11.1. The first-order chi connectivity index (χ1) is 6.67. The second kappa shape index (κ2) is 5.00. The SMILES string of the molecule is CCOC(=O)Cn1nc(CC)cc1Cl. The molecule has 0 spiro atoms. The molecule has 14 heavy (non-hydrogen) atoms. The minimum absolute atomic E-state index is 0.0761. The summed E-state index contributed by atoms with van der Waals surface area (Å²) in [4.78, 5) is 11.1. The summed E-state index contributed by atoms with van der Waals surface area (Å²) in [6.07, 6.45) is 0.801. The number of aryl methyl sites for hydroxylation is 1. The van der Waals surface area contributed by atoms with E-state index in [1.54, 1.807) is 13.0 Å². The van der Waals surface area contributed by atoms with Crippen molar-refractivity contribution in [1.82, 2.24) is 9.78 Å². The van der Waals surface area contributed by atoms with E-state index in [1.807, 2.05) is 6.92 Å². The lowest BCUT2D eigenvalue weighted by atomic mass is 10.3. The van der Waals surface area contributed by atoms with Crippen LogP contribution in [0.15, 0.2) is 6.07 Å². The van der Waals surface area contributed by atoms with Gasteiger partial charge in [-0.25, -0.2) is 4.68 Å². The number of ether oxygens (including phenoxy) is 1. The molecule has 0 atom stereocenters. The average molecular weight is 217 g/mol. The molecule has 0 amide bonds. The highest BCUT2D eigenvalue weighted by atomic mass is 35.5. The van der Waals surface area contributed by atoms with Gasteiger partial charge in [-0.1, -0.05) is 18.5 Å². The zero-order valence-electron chi connectivity index (χ0n) is 8.29. The lowest BCUT2D eigenvalue weighted by Gasteiger charge is -2.02. The topological polar surface area (TPSA) is 44.1 Å². The van der Waals surface area contributed by atoms with Crippen molar-refractivity contribution in [3.05, 3.63) is 16.9 Å².